The number of nitrogens with two attached hydrogens (primary N) is 1. The van der Waals surface area contributed by atoms with Crippen molar-refractivity contribution in [2.45, 2.75) is 31.5 Å². The molecule has 0 bridgehead atoms. The maximum Gasteiger partial charge on any atom is 0.244 e. The normalized spacial score (nSPS) is 28.3. The lowest BCUT2D eigenvalue weighted by Gasteiger charge is -2.28. The Kier molecular flexibility index (Phi) is 4.95. The van der Waals surface area contributed by atoms with Crippen LogP contribution in [0.2, 0.25) is 0 Å². The van der Waals surface area contributed by atoms with E-state index in [0.717, 1.165) is 0 Å². The van der Waals surface area contributed by atoms with E-state index in [1.54, 1.807) is 11.0 Å². The second kappa shape index (κ2) is 7.00. The van der Waals surface area contributed by atoms with E-state index in [2.05, 4.69) is 16.5 Å². The molecule has 0 radical (unpaired) electrons. The van der Waals surface area contributed by atoms with Gasteiger partial charge >= 0.3 is 0 Å². The fraction of sp³-hybridized carbons (Fsp3) is 0.600. The zero-order valence-corrected chi connectivity index (χ0v) is 13.9. The van der Waals surface area contributed by atoms with E-state index in [1.165, 1.54) is 0 Å². The number of aliphatic hydroxyl groups is 3. The molecular weight excluding hydrogens is 330 g/mol. The molecule has 1 aromatic rings. The number of fused-ring (bicyclic) bond motifs is 1. The molecule has 0 spiro atoms. The lowest BCUT2D eigenvalue weighted by Crippen LogP contribution is -2.46. The molecule has 1 aromatic heterocycles. The average Bonchev–Trinajstić information content (AvgIpc) is 3.07. The first-order chi connectivity index (χ1) is 12.0. The van der Waals surface area contributed by atoms with Gasteiger partial charge in [-0.2, -0.15) is 9.97 Å². The van der Waals surface area contributed by atoms with E-state index < -0.39 is 31.1 Å². The van der Waals surface area contributed by atoms with Crippen molar-refractivity contribution in [2.24, 2.45) is 0 Å². The van der Waals surface area contributed by atoms with Gasteiger partial charge in [-0.05, 0) is 6.92 Å². The van der Waals surface area contributed by atoms with Crippen LogP contribution in [-0.2, 0) is 4.74 Å². The first-order valence-corrected chi connectivity index (χ1v) is 8.07. The second-order valence-corrected chi connectivity index (χ2v) is 5.84. The maximum absolute atomic E-state index is 10.3. The predicted octanol–water partition coefficient (Wildman–Crippen LogP) is -1.33. The Morgan fingerprint density at radius 2 is 2.16 bits per heavy atom. The van der Waals surface area contributed by atoms with Gasteiger partial charge in [0.25, 0.3) is 0 Å². The van der Waals surface area contributed by atoms with Crippen LogP contribution in [0.3, 0.4) is 0 Å². The standard InChI is InChI=1S/C15H23N5O5/c1-3-5-19-7-20(14-11(23)10(22)8(6-21)25-14)12-9(19)13(24-4-2)18-15(16)17-12/h3,8,10-11,14,21-23H,1,4-7H2,2H3,(H2,16,17,18)/t8-,10-,11-,14-/m1/s1. The molecule has 0 unspecified atom stereocenters. The lowest BCUT2D eigenvalue weighted by atomic mass is 10.1. The molecule has 1 saturated heterocycles. The zero-order chi connectivity index (χ0) is 18.1. The van der Waals surface area contributed by atoms with Gasteiger partial charge in [0.05, 0.1) is 19.9 Å². The number of ether oxygens (including phenoxy) is 2. The number of aromatic nitrogens is 2. The minimum atomic E-state index is -1.21. The number of anilines is 3. The number of hydrogen-bond donors (Lipinski definition) is 4. The summed E-state index contributed by atoms with van der Waals surface area (Å²) >= 11 is 0. The molecule has 10 nitrogen and oxygen atoms in total. The summed E-state index contributed by atoms with van der Waals surface area (Å²) in [4.78, 5) is 12.0. The van der Waals surface area contributed by atoms with Crippen molar-refractivity contribution in [1.29, 1.82) is 0 Å². The summed E-state index contributed by atoms with van der Waals surface area (Å²) in [5, 5.41) is 29.7. The van der Waals surface area contributed by atoms with Crippen LogP contribution < -0.4 is 20.3 Å². The van der Waals surface area contributed by atoms with Gasteiger partial charge in [-0.1, -0.05) is 6.08 Å². The highest BCUT2D eigenvalue weighted by molar-refractivity contribution is 5.78. The number of nitrogens with zero attached hydrogens (tertiary/aromatic N) is 4. The van der Waals surface area contributed by atoms with Crippen LogP contribution in [0.5, 0.6) is 5.88 Å². The summed E-state index contributed by atoms with van der Waals surface area (Å²) in [6, 6.07) is 0. The third-order valence-corrected chi connectivity index (χ3v) is 4.22. The average molecular weight is 353 g/mol. The number of aliphatic hydroxyl groups excluding tert-OH is 3. The van der Waals surface area contributed by atoms with Gasteiger partial charge in [0, 0.05) is 6.54 Å². The summed E-state index contributed by atoms with van der Waals surface area (Å²) in [5.41, 5.74) is 6.42. The fourth-order valence-corrected chi connectivity index (χ4v) is 3.12. The highest BCUT2D eigenvalue weighted by Crippen LogP contribution is 2.43. The van der Waals surface area contributed by atoms with Gasteiger partial charge in [0.15, 0.2) is 12.0 Å². The van der Waals surface area contributed by atoms with Gasteiger partial charge in [-0.15, -0.1) is 6.58 Å². The third kappa shape index (κ3) is 2.97. The van der Waals surface area contributed by atoms with Gasteiger partial charge in [0.2, 0.25) is 11.8 Å². The van der Waals surface area contributed by atoms with E-state index in [0.29, 0.717) is 37.2 Å². The predicted molar refractivity (Wildman–Crippen MR) is 90.3 cm³/mol. The molecule has 5 N–H and O–H groups in total. The highest BCUT2D eigenvalue weighted by Gasteiger charge is 2.48. The summed E-state index contributed by atoms with van der Waals surface area (Å²) < 4.78 is 11.2. The quantitative estimate of drug-likeness (QED) is 0.455. The molecular formula is C15H23N5O5. The minimum Gasteiger partial charge on any atom is -0.476 e. The largest absolute Gasteiger partial charge is 0.476 e. The summed E-state index contributed by atoms with van der Waals surface area (Å²) in [6.07, 6.45) is -2.44. The molecule has 2 aliphatic heterocycles. The van der Waals surface area contributed by atoms with Crippen LogP contribution in [0.25, 0.3) is 0 Å². The molecule has 10 heteroatoms. The van der Waals surface area contributed by atoms with E-state index >= 15 is 0 Å². The van der Waals surface area contributed by atoms with Crippen LogP contribution in [0.1, 0.15) is 6.92 Å². The SMILES string of the molecule is C=CCN1CN([C@@H]2O[C@H](CO)[C@@H](O)[C@H]2O)c2nc(N)nc(OCC)c21. The number of hydrogen-bond acceptors (Lipinski definition) is 10. The Morgan fingerprint density at radius 3 is 2.76 bits per heavy atom. The molecule has 25 heavy (non-hydrogen) atoms. The van der Waals surface area contributed by atoms with E-state index in [-0.39, 0.29) is 5.95 Å². The molecule has 1 fully saturated rings. The van der Waals surface area contributed by atoms with Crippen molar-refractivity contribution in [2.75, 3.05) is 42.0 Å². The topological polar surface area (TPSA) is 137 Å². The van der Waals surface area contributed by atoms with E-state index in [4.69, 9.17) is 15.2 Å². The molecule has 4 atom stereocenters. The zero-order valence-electron chi connectivity index (χ0n) is 13.9. The lowest BCUT2D eigenvalue weighted by molar-refractivity contribution is -0.0222. The highest BCUT2D eigenvalue weighted by atomic mass is 16.6. The van der Waals surface area contributed by atoms with E-state index in [9.17, 15) is 15.3 Å². The summed E-state index contributed by atoms with van der Waals surface area (Å²) in [7, 11) is 0. The summed E-state index contributed by atoms with van der Waals surface area (Å²) in [5.74, 6) is 0.799. The summed E-state index contributed by atoms with van der Waals surface area (Å²) in [6.45, 7) is 6.38. The smallest absolute Gasteiger partial charge is 0.244 e. The van der Waals surface area contributed by atoms with Gasteiger partial charge in [-0.25, -0.2) is 0 Å². The Balaban J connectivity index is 2.01. The van der Waals surface area contributed by atoms with Crippen molar-refractivity contribution in [3.63, 3.8) is 0 Å². The van der Waals surface area contributed by atoms with Crippen molar-refractivity contribution >= 4 is 17.5 Å². The molecule has 3 heterocycles. The molecule has 3 rings (SSSR count). The van der Waals surface area contributed by atoms with Crippen LogP contribution >= 0.6 is 0 Å². The monoisotopic (exact) mass is 353 g/mol. The van der Waals surface area contributed by atoms with Crippen LogP contribution in [-0.4, -0.2) is 76.3 Å². The van der Waals surface area contributed by atoms with Crippen molar-refractivity contribution < 1.29 is 24.8 Å². The maximum atomic E-state index is 10.3. The third-order valence-electron chi connectivity index (χ3n) is 4.22. The first kappa shape index (κ1) is 17.7. The van der Waals surface area contributed by atoms with Crippen molar-refractivity contribution in [1.82, 2.24) is 9.97 Å². The first-order valence-electron chi connectivity index (χ1n) is 8.07. The molecule has 0 aromatic carbocycles. The molecule has 0 amide bonds. The van der Waals surface area contributed by atoms with Crippen LogP contribution in [0, 0.1) is 0 Å². The van der Waals surface area contributed by atoms with Crippen molar-refractivity contribution in [3.8, 4) is 5.88 Å². The second-order valence-electron chi connectivity index (χ2n) is 5.84. The van der Waals surface area contributed by atoms with Crippen LogP contribution in [0.4, 0.5) is 17.5 Å². The minimum absolute atomic E-state index is 0.0272. The van der Waals surface area contributed by atoms with Crippen LogP contribution in [0.15, 0.2) is 12.7 Å². The Morgan fingerprint density at radius 1 is 1.40 bits per heavy atom. The molecule has 2 aliphatic rings. The molecule has 138 valence electrons. The van der Waals surface area contributed by atoms with Gasteiger partial charge in [0.1, 0.15) is 24.0 Å². The fourth-order valence-electron chi connectivity index (χ4n) is 3.12. The molecule has 0 aliphatic carbocycles. The Hall–Kier alpha value is -2.14. The van der Waals surface area contributed by atoms with E-state index in [1.807, 2.05) is 11.8 Å². The van der Waals surface area contributed by atoms with Crippen molar-refractivity contribution in [3.05, 3.63) is 12.7 Å². The van der Waals surface area contributed by atoms with Gasteiger partial charge < -0.3 is 40.3 Å². The number of nitrogen functional groups attached to an aromatic ring is 1. The van der Waals surface area contributed by atoms with Gasteiger partial charge in [-0.3, -0.25) is 0 Å². The Labute approximate surface area is 145 Å². The number of rotatable bonds is 6. The Bertz CT molecular complexity index is 645. The molecule has 0 saturated carbocycles.